The van der Waals surface area contributed by atoms with Gasteiger partial charge in [0, 0.05) is 87.3 Å². The van der Waals surface area contributed by atoms with Gasteiger partial charge in [-0.15, -0.1) is 0 Å². The number of amides is 1. The maximum atomic E-state index is 14.4. The number of aliphatic hydroxyl groups excluding tert-OH is 2. The van der Waals surface area contributed by atoms with Crippen LogP contribution in [0.5, 0.6) is 23.0 Å². The number of aliphatic hydroxyl groups is 2. The van der Waals surface area contributed by atoms with E-state index in [-0.39, 0.29) is 44.5 Å². The number of phenols is 3. The molecule has 2 aromatic carbocycles. The number of hydrogen-bond acceptors (Lipinski definition) is 15. The number of aromatic hydroxyl groups is 3. The number of likely N-dealkylation sites (N-methyl/N-ethyl adjacent to an activating group) is 1. The summed E-state index contributed by atoms with van der Waals surface area (Å²) in [7, 11) is 3.42. The zero-order chi connectivity index (χ0) is 43.7. The van der Waals surface area contributed by atoms with Crippen LogP contribution < -0.4 is 10.1 Å². The van der Waals surface area contributed by atoms with Crippen molar-refractivity contribution < 1.29 is 58.9 Å². The van der Waals surface area contributed by atoms with E-state index < -0.39 is 88.8 Å². The lowest BCUT2D eigenvalue weighted by Gasteiger charge is -2.38. The molecule has 1 saturated heterocycles. The number of rotatable bonds is 4. The lowest BCUT2D eigenvalue weighted by atomic mass is 9.78. The standard InChI is InChI=1S/C43H58N4O12/c1-21-12-11-13-22(2)42(55)45-33-28(20-44-47-17-15-46(9)16-18-47)37(52)30-31(38(33)53)36(51)26(6)40-32(30)41(54)43(8,59-40)57-19-14-29(56-10)23(3)39(58-27(7)48)25(5)35(50)24(4)34(21)49/h11-14,19-21,23-25,29,34-35,39,49-53H,15-18H2,1-10H3,(H,45,55)/b12-11+,19-14+,22-13-,44-20-/t21?,23?,24-,25?,29?,34?,35?,39-,43+/m1/s1. The van der Waals surface area contributed by atoms with Crippen LogP contribution in [0.1, 0.15) is 70.0 Å². The van der Waals surface area contributed by atoms with Gasteiger partial charge in [-0.3, -0.25) is 19.4 Å². The molecule has 4 aliphatic heterocycles. The van der Waals surface area contributed by atoms with E-state index in [1.54, 1.807) is 44.9 Å². The Bertz CT molecular complexity index is 2070. The minimum Gasteiger partial charge on any atom is -0.507 e. The summed E-state index contributed by atoms with van der Waals surface area (Å²) >= 11 is 0. The normalized spacial score (nSPS) is 32.1. The van der Waals surface area contributed by atoms with Crippen molar-refractivity contribution in [1.82, 2.24) is 9.91 Å². The van der Waals surface area contributed by atoms with Gasteiger partial charge in [-0.1, -0.05) is 45.9 Å². The lowest BCUT2D eigenvalue weighted by Crippen LogP contribution is -2.46. The van der Waals surface area contributed by atoms with E-state index >= 15 is 0 Å². The van der Waals surface area contributed by atoms with Gasteiger partial charge in [0.15, 0.2) is 5.75 Å². The van der Waals surface area contributed by atoms with Gasteiger partial charge in [0.2, 0.25) is 0 Å². The van der Waals surface area contributed by atoms with E-state index in [1.807, 2.05) is 7.05 Å². The van der Waals surface area contributed by atoms with Gasteiger partial charge in [-0.05, 0) is 27.0 Å². The number of hydrogen-bond donors (Lipinski definition) is 6. The van der Waals surface area contributed by atoms with Gasteiger partial charge >= 0.3 is 11.8 Å². The van der Waals surface area contributed by atoms with Gasteiger partial charge in [-0.2, -0.15) is 5.10 Å². The highest BCUT2D eigenvalue weighted by Gasteiger charge is 2.50. The van der Waals surface area contributed by atoms with E-state index in [4.69, 9.17) is 18.9 Å². The van der Waals surface area contributed by atoms with Crippen LogP contribution >= 0.6 is 0 Å². The number of carbonyl (C=O) groups is 3. The van der Waals surface area contributed by atoms with Crippen LogP contribution in [0.2, 0.25) is 0 Å². The number of nitrogens with one attached hydrogen (secondary N) is 1. The Morgan fingerprint density at radius 2 is 1.61 bits per heavy atom. The summed E-state index contributed by atoms with van der Waals surface area (Å²) in [4.78, 5) is 42.6. The number of piperazine rings is 1. The molecule has 0 aliphatic carbocycles. The van der Waals surface area contributed by atoms with Crippen molar-refractivity contribution in [3.05, 3.63) is 52.8 Å². The van der Waals surface area contributed by atoms with Crippen molar-refractivity contribution in [3.8, 4) is 23.0 Å². The number of ether oxygens (including phenoxy) is 4. The molecule has 16 nitrogen and oxygen atoms in total. The van der Waals surface area contributed by atoms with Crippen LogP contribution in [0.15, 0.2) is 41.2 Å². The fourth-order valence-corrected chi connectivity index (χ4v) is 7.92. The topological polar surface area (TPSA) is 220 Å². The zero-order valence-electron chi connectivity index (χ0n) is 35.3. The highest BCUT2D eigenvalue weighted by atomic mass is 16.7. The third kappa shape index (κ3) is 8.91. The van der Waals surface area contributed by atoms with Crippen LogP contribution in [-0.4, -0.2) is 130 Å². The third-order valence-electron chi connectivity index (χ3n) is 11.9. The molecule has 6 rings (SSSR count). The first-order valence-electron chi connectivity index (χ1n) is 19.8. The Morgan fingerprint density at radius 3 is 2.24 bits per heavy atom. The zero-order valence-corrected chi connectivity index (χ0v) is 35.3. The first-order chi connectivity index (χ1) is 27.7. The number of phenolic OH excluding ortho intramolecular Hbond substituents is 3. The number of anilines is 1. The fourth-order valence-electron chi connectivity index (χ4n) is 7.92. The maximum absolute atomic E-state index is 14.4. The monoisotopic (exact) mass is 822 g/mol. The SMILES string of the molecule is COC1/C=C/O[C@@]2(C)Oc3c(C)c(O)c4c(O)c(c(/C=N\N5CCN(C)CC5)c(O)c4c3C2=O)NC(=O)/C(C)=C\C=C\C(C)C(O)[C@@H](C)C(O)C(C)[C@H](OC(C)=O)C1C. The van der Waals surface area contributed by atoms with Gasteiger partial charge in [-0.25, -0.2) is 0 Å². The molecule has 0 aromatic heterocycles. The molecule has 0 spiro atoms. The Morgan fingerprint density at radius 1 is 0.949 bits per heavy atom. The fraction of sp³-hybridized carbons (Fsp3) is 0.535. The summed E-state index contributed by atoms with van der Waals surface area (Å²) < 4.78 is 23.6. The second kappa shape index (κ2) is 18.0. The average molecular weight is 823 g/mol. The number of esters is 1. The van der Waals surface area contributed by atoms with Crippen LogP contribution in [0, 0.1) is 30.6 Å². The van der Waals surface area contributed by atoms with Crippen LogP contribution in [-0.2, 0) is 23.8 Å². The van der Waals surface area contributed by atoms with Crippen LogP contribution in [0.4, 0.5) is 5.69 Å². The summed E-state index contributed by atoms with van der Waals surface area (Å²) in [5, 5.41) is 66.8. The molecule has 9 atom stereocenters. The predicted octanol–water partition coefficient (Wildman–Crippen LogP) is 4.34. The smallest absolute Gasteiger partial charge is 0.312 e. The maximum Gasteiger partial charge on any atom is 0.312 e. The largest absolute Gasteiger partial charge is 0.507 e. The Balaban J connectivity index is 1.70. The van der Waals surface area contributed by atoms with Crippen molar-refractivity contribution >= 4 is 40.3 Å². The molecule has 16 heteroatoms. The third-order valence-corrected chi connectivity index (χ3v) is 11.9. The number of benzene rings is 2. The quantitative estimate of drug-likeness (QED) is 0.109. The first kappa shape index (κ1) is 44.9. The Labute approximate surface area is 344 Å². The molecule has 1 fully saturated rings. The number of Topliss-reactive ketones (excluding diaryl/α,β-unsaturated/α-hetero) is 1. The summed E-state index contributed by atoms with van der Waals surface area (Å²) in [5.41, 5.74) is -0.350. The van der Waals surface area contributed by atoms with E-state index in [0.717, 1.165) is 13.1 Å². The number of allylic oxidation sites excluding steroid dienone is 2. The lowest BCUT2D eigenvalue weighted by molar-refractivity contribution is -0.160. The molecule has 59 heavy (non-hydrogen) atoms. The second-order valence-electron chi connectivity index (χ2n) is 16.1. The molecule has 6 unspecified atom stereocenters. The molecule has 322 valence electrons. The van der Waals surface area contributed by atoms with Gasteiger partial charge in [0.25, 0.3) is 11.7 Å². The summed E-state index contributed by atoms with van der Waals surface area (Å²) in [6.45, 7) is 15.1. The van der Waals surface area contributed by atoms with Gasteiger partial charge in [0.05, 0.1) is 53.0 Å². The Hall–Kier alpha value is -5.16. The average Bonchev–Trinajstić information content (AvgIpc) is 3.46. The van der Waals surface area contributed by atoms with E-state index in [2.05, 4.69) is 15.3 Å². The Kier molecular flexibility index (Phi) is 13.7. The van der Waals surface area contributed by atoms with Gasteiger partial charge in [0.1, 0.15) is 23.4 Å². The number of nitrogens with zero attached hydrogens (tertiary/aromatic N) is 3. The van der Waals surface area contributed by atoms with E-state index in [9.17, 15) is 39.9 Å². The molecule has 5 bridgehead atoms. The van der Waals surface area contributed by atoms with Crippen molar-refractivity contribution in [1.29, 1.82) is 0 Å². The predicted molar refractivity (Wildman–Crippen MR) is 220 cm³/mol. The second-order valence-corrected chi connectivity index (χ2v) is 16.1. The summed E-state index contributed by atoms with van der Waals surface area (Å²) in [5.74, 6) is -8.34. The van der Waals surface area contributed by atoms with Gasteiger partial charge < -0.3 is 54.7 Å². The molecule has 1 amide bonds. The molecule has 4 heterocycles. The van der Waals surface area contributed by atoms with Crippen LogP contribution in [0.3, 0.4) is 0 Å². The van der Waals surface area contributed by atoms with Crippen molar-refractivity contribution in [3.63, 3.8) is 0 Å². The molecule has 4 aliphatic rings. The minimum atomic E-state index is -2.04. The molecular weight excluding hydrogens is 764 g/mol. The first-order valence-corrected chi connectivity index (χ1v) is 19.8. The van der Waals surface area contributed by atoms with Crippen molar-refractivity contribution in [2.24, 2.45) is 28.8 Å². The highest BCUT2D eigenvalue weighted by Crippen LogP contribution is 2.55. The highest BCUT2D eigenvalue weighted by molar-refractivity contribution is 6.23. The van der Waals surface area contributed by atoms with E-state index in [0.29, 0.717) is 13.1 Å². The molecule has 2 aromatic rings. The molecular formula is C43H58N4O12. The minimum absolute atomic E-state index is 0.0559. The summed E-state index contributed by atoms with van der Waals surface area (Å²) in [6.07, 6.45) is 4.86. The van der Waals surface area contributed by atoms with E-state index in [1.165, 1.54) is 59.4 Å². The number of fused-ring (bicyclic) bond motifs is 14. The van der Waals surface area contributed by atoms with Crippen molar-refractivity contribution in [2.75, 3.05) is 45.7 Å². The number of ketones is 1. The summed E-state index contributed by atoms with van der Waals surface area (Å²) in [6, 6.07) is 0. The molecule has 0 radical (unpaired) electrons. The number of carbonyl (C=O) groups excluding carboxylic acids is 3. The molecule has 0 saturated carbocycles. The number of hydrazone groups is 1. The van der Waals surface area contributed by atoms with Crippen molar-refractivity contribution in [2.45, 2.75) is 85.6 Å². The number of methoxy groups -OCH3 is 1. The molecule has 6 N–H and O–H groups in total. The van der Waals surface area contributed by atoms with Crippen LogP contribution in [0.25, 0.3) is 10.8 Å².